The summed E-state index contributed by atoms with van der Waals surface area (Å²) in [6.45, 7) is 0. The zero-order valence-electron chi connectivity index (χ0n) is 12.6. The van der Waals surface area contributed by atoms with Crippen molar-refractivity contribution < 1.29 is 18.0 Å². The van der Waals surface area contributed by atoms with E-state index in [0.717, 1.165) is 11.3 Å². The number of amides is 1. The van der Waals surface area contributed by atoms with Gasteiger partial charge in [-0.25, -0.2) is 0 Å². The van der Waals surface area contributed by atoms with Gasteiger partial charge in [0.25, 0.3) is 0 Å². The highest BCUT2D eigenvalue weighted by molar-refractivity contribution is 7.18. The Kier molecular flexibility index (Phi) is 4.79. The molecule has 2 heterocycles. The van der Waals surface area contributed by atoms with E-state index in [2.05, 4.69) is 20.5 Å². The Morgan fingerprint density at radius 1 is 1.21 bits per heavy atom. The van der Waals surface area contributed by atoms with Gasteiger partial charge in [0.05, 0.1) is 5.92 Å². The van der Waals surface area contributed by atoms with E-state index in [0.29, 0.717) is 23.5 Å². The smallest absolute Gasteiger partial charge is 0.300 e. The van der Waals surface area contributed by atoms with Crippen molar-refractivity contribution in [2.24, 2.45) is 11.8 Å². The van der Waals surface area contributed by atoms with Crippen LogP contribution in [0.4, 0.5) is 18.3 Å². The zero-order valence-corrected chi connectivity index (χ0v) is 13.4. The number of aromatic nitrogens is 3. The number of nitrogens with zero attached hydrogens (tertiary/aromatic N) is 3. The topological polar surface area (TPSA) is 67.8 Å². The van der Waals surface area contributed by atoms with Crippen LogP contribution in [0.25, 0.3) is 10.7 Å². The molecule has 3 rings (SSSR count). The van der Waals surface area contributed by atoms with Crippen LogP contribution in [0.1, 0.15) is 25.7 Å². The normalized spacial score (nSPS) is 21.5. The maximum absolute atomic E-state index is 13.1. The monoisotopic (exact) mass is 356 g/mol. The predicted molar refractivity (Wildman–Crippen MR) is 83.3 cm³/mol. The standard InChI is InChI=1S/C15H15F3N4OS/c16-15(17,18)10-6-2-1-5-9(10)12(23)20-14-22-21-13(24-14)11-7-3-4-8-19-11/h3-4,7-10H,1-2,5-6H2,(H,20,22,23)/t9-,10-/m0/s1. The quantitative estimate of drug-likeness (QED) is 0.905. The van der Waals surface area contributed by atoms with Crippen LogP contribution in [0.3, 0.4) is 0 Å². The molecule has 0 unspecified atom stereocenters. The maximum Gasteiger partial charge on any atom is 0.392 e. The summed E-state index contributed by atoms with van der Waals surface area (Å²) >= 11 is 1.09. The lowest BCUT2D eigenvalue weighted by atomic mass is 9.78. The third-order valence-corrected chi connectivity index (χ3v) is 4.92. The van der Waals surface area contributed by atoms with Crippen molar-refractivity contribution in [3.8, 4) is 10.7 Å². The maximum atomic E-state index is 13.1. The number of carbonyl (C=O) groups is 1. The third kappa shape index (κ3) is 3.72. The molecular weight excluding hydrogens is 341 g/mol. The van der Waals surface area contributed by atoms with E-state index in [4.69, 9.17) is 0 Å². The Hall–Kier alpha value is -2.03. The van der Waals surface area contributed by atoms with E-state index in [1.54, 1.807) is 24.4 Å². The largest absolute Gasteiger partial charge is 0.392 e. The molecule has 0 aromatic carbocycles. The third-order valence-electron chi connectivity index (χ3n) is 4.06. The average Bonchev–Trinajstić information content (AvgIpc) is 3.03. The molecule has 24 heavy (non-hydrogen) atoms. The number of halogens is 3. The summed E-state index contributed by atoms with van der Waals surface area (Å²) in [6, 6.07) is 5.29. The summed E-state index contributed by atoms with van der Waals surface area (Å²) < 4.78 is 39.3. The molecule has 1 aliphatic rings. The molecule has 1 saturated carbocycles. The van der Waals surface area contributed by atoms with E-state index in [1.165, 1.54) is 0 Å². The fourth-order valence-electron chi connectivity index (χ4n) is 2.90. The summed E-state index contributed by atoms with van der Waals surface area (Å²) in [5.41, 5.74) is 0.598. The number of anilines is 1. The summed E-state index contributed by atoms with van der Waals surface area (Å²) in [5.74, 6) is -3.30. The highest BCUT2D eigenvalue weighted by atomic mass is 32.1. The van der Waals surface area contributed by atoms with E-state index in [-0.39, 0.29) is 18.0 Å². The number of carbonyl (C=O) groups excluding carboxylic acids is 1. The van der Waals surface area contributed by atoms with Crippen LogP contribution < -0.4 is 5.32 Å². The molecule has 0 radical (unpaired) electrons. The fourth-order valence-corrected chi connectivity index (χ4v) is 3.62. The SMILES string of the molecule is O=C(Nc1nnc(-c2ccccn2)s1)[C@H]1CCCC[C@@H]1C(F)(F)F. The lowest BCUT2D eigenvalue weighted by molar-refractivity contribution is -0.197. The second-order valence-electron chi connectivity index (χ2n) is 5.66. The molecule has 0 saturated heterocycles. The van der Waals surface area contributed by atoms with Gasteiger partial charge in [-0.05, 0) is 25.0 Å². The number of hydrogen-bond acceptors (Lipinski definition) is 5. The Bertz CT molecular complexity index is 704. The molecule has 0 aliphatic heterocycles. The van der Waals surface area contributed by atoms with Gasteiger partial charge in [-0.3, -0.25) is 9.78 Å². The van der Waals surface area contributed by atoms with Gasteiger partial charge in [-0.15, -0.1) is 10.2 Å². The number of alkyl halides is 3. The number of pyridine rings is 1. The summed E-state index contributed by atoms with van der Waals surface area (Å²) in [4.78, 5) is 16.4. The number of rotatable bonds is 3. The van der Waals surface area contributed by atoms with Gasteiger partial charge in [-0.2, -0.15) is 13.2 Å². The molecule has 2 aromatic rings. The summed E-state index contributed by atoms with van der Waals surface area (Å²) in [6.07, 6.45) is -1.40. The van der Waals surface area contributed by atoms with Crippen molar-refractivity contribution in [2.75, 3.05) is 5.32 Å². The van der Waals surface area contributed by atoms with Crippen molar-refractivity contribution in [2.45, 2.75) is 31.9 Å². The lowest BCUT2D eigenvalue weighted by Crippen LogP contribution is -2.39. The van der Waals surface area contributed by atoms with E-state index in [9.17, 15) is 18.0 Å². The number of nitrogens with one attached hydrogen (secondary N) is 1. The first-order valence-electron chi connectivity index (χ1n) is 7.57. The Labute approximate surface area is 140 Å². The van der Waals surface area contributed by atoms with Crippen LogP contribution in [0.2, 0.25) is 0 Å². The molecule has 1 aliphatic carbocycles. The molecule has 2 aromatic heterocycles. The second kappa shape index (κ2) is 6.84. The van der Waals surface area contributed by atoms with Crippen LogP contribution in [0, 0.1) is 11.8 Å². The molecule has 1 fully saturated rings. The Morgan fingerprint density at radius 3 is 2.71 bits per heavy atom. The minimum absolute atomic E-state index is 0.00308. The van der Waals surface area contributed by atoms with Crippen LogP contribution >= 0.6 is 11.3 Å². The molecule has 1 amide bonds. The van der Waals surface area contributed by atoms with Crippen molar-refractivity contribution >= 4 is 22.4 Å². The first-order chi connectivity index (χ1) is 11.4. The van der Waals surface area contributed by atoms with Crippen LogP contribution in [-0.4, -0.2) is 27.3 Å². The second-order valence-corrected chi connectivity index (χ2v) is 6.63. The van der Waals surface area contributed by atoms with Gasteiger partial charge in [0.15, 0.2) is 5.01 Å². The van der Waals surface area contributed by atoms with E-state index in [1.807, 2.05) is 0 Å². The first kappa shape index (κ1) is 16.8. The lowest BCUT2D eigenvalue weighted by Gasteiger charge is -2.31. The first-order valence-corrected chi connectivity index (χ1v) is 8.39. The van der Waals surface area contributed by atoms with Crippen LogP contribution in [-0.2, 0) is 4.79 Å². The number of hydrogen-bond donors (Lipinski definition) is 1. The Morgan fingerprint density at radius 2 is 2.00 bits per heavy atom. The summed E-state index contributed by atoms with van der Waals surface area (Å²) in [5, 5.41) is 10.9. The minimum atomic E-state index is -4.36. The molecule has 128 valence electrons. The zero-order chi connectivity index (χ0) is 17.2. The molecule has 9 heteroatoms. The predicted octanol–water partition coefficient (Wildman–Crippen LogP) is 3.91. The Balaban J connectivity index is 1.71. The molecule has 5 nitrogen and oxygen atoms in total. The highest BCUT2D eigenvalue weighted by Gasteiger charge is 2.48. The highest BCUT2D eigenvalue weighted by Crippen LogP contribution is 2.42. The van der Waals surface area contributed by atoms with Gasteiger partial charge in [0.2, 0.25) is 11.0 Å². The minimum Gasteiger partial charge on any atom is -0.300 e. The van der Waals surface area contributed by atoms with Gasteiger partial charge in [-0.1, -0.05) is 30.2 Å². The molecule has 0 bridgehead atoms. The molecular formula is C15H15F3N4OS. The van der Waals surface area contributed by atoms with Gasteiger partial charge in [0, 0.05) is 12.1 Å². The fraction of sp³-hybridized carbons (Fsp3) is 0.467. The van der Waals surface area contributed by atoms with Crippen molar-refractivity contribution in [1.82, 2.24) is 15.2 Å². The summed E-state index contributed by atoms with van der Waals surface area (Å²) in [7, 11) is 0. The van der Waals surface area contributed by atoms with Gasteiger partial charge in [0.1, 0.15) is 5.69 Å². The molecule has 1 N–H and O–H groups in total. The van der Waals surface area contributed by atoms with E-state index >= 15 is 0 Å². The van der Waals surface area contributed by atoms with Crippen LogP contribution in [0.15, 0.2) is 24.4 Å². The van der Waals surface area contributed by atoms with Crippen molar-refractivity contribution in [3.63, 3.8) is 0 Å². The van der Waals surface area contributed by atoms with E-state index < -0.39 is 23.9 Å². The van der Waals surface area contributed by atoms with Gasteiger partial charge < -0.3 is 5.32 Å². The molecule has 0 spiro atoms. The molecule has 2 atom stereocenters. The van der Waals surface area contributed by atoms with Gasteiger partial charge >= 0.3 is 6.18 Å². The van der Waals surface area contributed by atoms with Crippen molar-refractivity contribution in [3.05, 3.63) is 24.4 Å². The van der Waals surface area contributed by atoms with Crippen molar-refractivity contribution in [1.29, 1.82) is 0 Å². The van der Waals surface area contributed by atoms with Crippen LogP contribution in [0.5, 0.6) is 0 Å². The average molecular weight is 356 g/mol.